The van der Waals surface area contributed by atoms with Crippen LogP contribution >= 0.6 is 0 Å². The Kier molecular flexibility index (Phi) is 6.37. The van der Waals surface area contributed by atoms with Crippen molar-refractivity contribution in [2.24, 2.45) is 11.8 Å². The SMILES string of the molecule is CCCC(C)C(CC)NC1CCCC1CO. The Morgan fingerprint density at radius 1 is 1.31 bits per heavy atom. The minimum absolute atomic E-state index is 0.357. The molecule has 0 amide bonds. The van der Waals surface area contributed by atoms with Gasteiger partial charge < -0.3 is 10.4 Å². The Hall–Kier alpha value is -0.0800. The predicted molar refractivity (Wildman–Crippen MR) is 69.5 cm³/mol. The van der Waals surface area contributed by atoms with Crippen LogP contribution in [0.25, 0.3) is 0 Å². The third-order valence-electron chi connectivity index (χ3n) is 4.19. The number of aliphatic hydroxyl groups excluding tert-OH is 1. The van der Waals surface area contributed by atoms with Gasteiger partial charge in [-0.2, -0.15) is 0 Å². The smallest absolute Gasteiger partial charge is 0.0474 e. The van der Waals surface area contributed by atoms with Crippen molar-refractivity contribution in [3.8, 4) is 0 Å². The third-order valence-corrected chi connectivity index (χ3v) is 4.19. The highest BCUT2D eigenvalue weighted by Gasteiger charge is 2.29. The third kappa shape index (κ3) is 3.74. The molecule has 1 aliphatic rings. The van der Waals surface area contributed by atoms with Gasteiger partial charge >= 0.3 is 0 Å². The molecule has 0 aromatic heterocycles. The maximum Gasteiger partial charge on any atom is 0.0474 e. The van der Waals surface area contributed by atoms with Crippen LogP contribution in [-0.4, -0.2) is 23.8 Å². The van der Waals surface area contributed by atoms with Gasteiger partial charge in [-0.25, -0.2) is 0 Å². The van der Waals surface area contributed by atoms with Gasteiger partial charge in [0, 0.05) is 18.7 Å². The fourth-order valence-corrected chi connectivity index (χ4v) is 3.09. The highest BCUT2D eigenvalue weighted by atomic mass is 16.3. The number of aliphatic hydroxyl groups is 1. The number of hydrogen-bond acceptors (Lipinski definition) is 2. The van der Waals surface area contributed by atoms with Gasteiger partial charge in [0.1, 0.15) is 0 Å². The van der Waals surface area contributed by atoms with Crippen LogP contribution in [0.5, 0.6) is 0 Å². The molecule has 96 valence electrons. The molecule has 0 aromatic rings. The molecule has 4 unspecified atom stereocenters. The van der Waals surface area contributed by atoms with E-state index in [0.29, 0.717) is 24.6 Å². The lowest BCUT2D eigenvalue weighted by Crippen LogP contribution is -2.44. The second-order valence-electron chi connectivity index (χ2n) is 5.43. The molecule has 1 saturated carbocycles. The first kappa shape index (κ1) is 14.0. The summed E-state index contributed by atoms with van der Waals surface area (Å²) in [6, 6.07) is 1.20. The average Bonchev–Trinajstić information content (AvgIpc) is 2.73. The maximum absolute atomic E-state index is 9.32. The molecule has 0 saturated heterocycles. The summed E-state index contributed by atoms with van der Waals surface area (Å²) in [5.41, 5.74) is 0. The van der Waals surface area contributed by atoms with Crippen molar-refractivity contribution in [1.29, 1.82) is 0 Å². The summed E-state index contributed by atoms with van der Waals surface area (Å²) >= 11 is 0. The summed E-state index contributed by atoms with van der Waals surface area (Å²) < 4.78 is 0. The fourth-order valence-electron chi connectivity index (χ4n) is 3.09. The largest absolute Gasteiger partial charge is 0.396 e. The highest BCUT2D eigenvalue weighted by molar-refractivity contribution is 4.86. The van der Waals surface area contributed by atoms with Crippen molar-refractivity contribution < 1.29 is 5.11 Å². The summed E-state index contributed by atoms with van der Waals surface area (Å²) in [4.78, 5) is 0. The van der Waals surface area contributed by atoms with Crippen LogP contribution < -0.4 is 5.32 Å². The summed E-state index contributed by atoms with van der Waals surface area (Å²) in [6.07, 6.45) is 7.51. The molecule has 0 aliphatic heterocycles. The highest BCUT2D eigenvalue weighted by Crippen LogP contribution is 2.27. The first-order chi connectivity index (χ1) is 7.72. The quantitative estimate of drug-likeness (QED) is 0.701. The van der Waals surface area contributed by atoms with E-state index in [0.717, 1.165) is 5.92 Å². The molecule has 2 N–H and O–H groups in total. The minimum atomic E-state index is 0.357. The maximum atomic E-state index is 9.32. The van der Waals surface area contributed by atoms with Crippen LogP contribution in [0.4, 0.5) is 0 Å². The Bertz CT molecular complexity index is 184. The van der Waals surface area contributed by atoms with Crippen LogP contribution in [0, 0.1) is 11.8 Å². The van der Waals surface area contributed by atoms with Crippen LogP contribution in [0.3, 0.4) is 0 Å². The molecule has 1 aliphatic carbocycles. The van der Waals surface area contributed by atoms with Gasteiger partial charge in [-0.05, 0) is 37.5 Å². The normalized spacial score (nSPS) is 29.2. The van der Waals surface area contributed by atoms with E-state index in [4.69, 9.17) is 0 Å². The van der Waals surface area contributed by atoms with Crippen molar-refractivity contribution in [3.63, 3.8) is 0 Å². The summed E-state index contributed by atoms with van der Waals surface area (Å²) in [5.74, 6) is 1.26. The fraction of sp³-hybridized carbons (Fsp3) is 1.00. The average molecular weight is 227 g/mol. The molecule has 0 aromatic carbocycles. The molecule has 0 spiro atoms. The van der Waals surface area contributed by atoms with Gasteiger partial charge in [0.05, 0.1) is 0 Å². The van der Waals surface area contributed by atoms with Gasteiger partial charge in [-0.15, -0.1) is 0 Å². The van der Waals surface area contributed by atoms with Gasteiger partial charge in [0.2, 0.25) is 0 Å². The molecule has 1 fully saturated rings. The molecule has 2 heteroatoms. The number of hydrogen-bond donors (Lipinski definition) is 2. The monoisotopic (exact) mass is 227 g/mol. The first-order valence-corrected chi connectivity index (χ1v) is 7.09. The molecule has 0 radical (unpaired) electrons. The topological polar surface area (TPSA) is 32.3 Å². The van der Waals surface area contributed by atoms with E-state index in [9.17, 15) is 5.11 Å². The van der Waals surface area contributed by atoms with Crippen LogP contribution in [0.1, 0.15) is 59.3 Å². The number of nitrogens with one attached hydrogen (secondary N) is 1. The van der Waals surface area contributed by atoms with Crippen LogP contribution in [-0.2, 0) is 0 Å². The van der Waals surface area contributed by atoms with Gasteiger partial charge in [0.25, 0.3) is 0 Å². The molecule has 1 rings (SSSR count). The summed E-state index contributed by atoms with van der Waals surface area (Å²) in [6.45, 7) is 7.24. The van der Waals surface area contributed by atoms with Gasteiger partial charge in [-0.3, -0.25) is 0 Å². The molecular formula is C14H29NO. The zero-order valence-electron chi connectivity index (χ0n) is 11.2. The molecule has 16 heavy (non-hydrogen) atoms. The molecular weight excluding hydrogens is 198 g/mol. The number of rotatable bonds is 7. The van der Waals surface area contributed by atoms with E-state index >= 15 is 0 Å². The summed E-state index contributed by atoms with van der Waals surface area (Å²) in [7, 11) is 0. The first-order valence-electron chi connectivity index (χ1n) is 7.09. The zero-order valence-corrected chi connectivity index (χ0v) is 11.2. The standard InChI is InChI=1S/C14H29NO/c1-4-7-11(3)13(5-2)15-14-9-6-8-12(14)10-16/h11-16H,4-10H2,1-3H3. The second kappa shape index (κ2) is 7.29. The molecule has 2 nitrogen and oxygen atoms in total. The lowest BCUT2D eigenvalue weighted by Gasteiger charge is -2.30. The lowest BCUT2D eigenvalue weighted by atomic mass is 9.93. The van der Waals surface area contributed by atoms with E-state index in [1.54, 1.807) is 0 Å². The van der Waals surface area contributed by atoms with E-state index in [-0.39, 0.29) is 0 Å². The van der Waals surface area contributed by atoms with Crippen molar-refractivity contribution >= 4 is 0 Å². The van der Waals surface area contributed by atoms with E-state index < -0.39 is 0 Å². The van der Waals surface area contributed by atoms with E-state index in [1.807, 2.05) is 0 Å². The van der Waals surface area contributed by atoms with Crippen LogP contribution in [0.15, 0.2) is 0 Å². The van der Waals surface area contributed by atoms with Crippen molar-refractivity contribution in [2.45, 2.75) is 71.4 Å². The zero-order chi connectivity index (χ0) is 12.0. The van der Waals surface area contributed by atoms with E-state index in [2.05, 4.69) is 26.1 Å². The predicted octanol–water partition coefficient (Wildman–Crippen LogP) is 2.95. The summed E-state index contributed by atoms with van der Waals surface area (Å²) in [5, 5.41) is 13.1. The lowest BCUT2D eigenvalue weighted by molar-refractivity contribution is 0.189. The van der Waals surface area contributed by atoms with E-state index in [1.165, 1.54) is 38.5 Å². The van der Waals surface area contributed by atoms with Crippen LogP contribution in [0.2, 0.25) is 0 Å². The Labute approximate surface area is 101 Å². The molecule has 4 atom stereocenters. The molecule has 0 heterocycles. The Morgan fingerprint density at radius 3 is 2.62 bits per heavy atom. The minimum Gasteiger partial charge on any atom is -0.396 e. The van der Waals surface area contributed by atoms with Gasteiger partial charge in [-0.1, -0.05) is 33.6 Å². The second-order valence-corrected chi connectivity index (χ2v) is 5.43. The van der Waals surface area contributed by atoms with Gasteiger partial charge in [0.15, 0.2) is 0 Å². The Morgan fingerprint density at radius 2 is 2.06 bits per heavy atom. The van der Waals surface area contributed by atoms with Crippen molar-refractivity contribution in [3.05, 3.63) is 0 Å². The molecule has 0 bridgehead atoms. The van der Waals surface area contributed by atoms with Crippen molar-refractivity contribution in [1.82, 2.24) is 5.32 Å². The van der Waals surface area contributed by atoms with Crippen molar-refractivity contribution in [2.75, 3.05) is 6.61 Å². The Balaban J connectivity index is 2.42.